The summed E-state index contributed by atoms with van der Waals surface area (Å²) in [5.74, 6) is -0.240. The quantitative estimate of drug-likeness (QED) is 0.678. The van der Waals surface area contributed by atoms with Gasteiger partial charge in [0.15, 0.2) is 0 Å². The van der Waals surface area contributed by atoms with Crippen LogP contribution in [0.3, 0.4) is 0 Å². The molecule has 1 unspecified atom stereocenters. The molecule has 5 nitrogen and oxygen atoms in total. The third-order valence-corrected chi connectivity index (χ3v) is 3.54. The molecule has 0 bridgehead atoms. The minimum Gasteiger partial charge on any atom is -0.480 e. The van der Waals surface area contributed by atoms with Gasteiger partial charge >= 0.3 is 12.0 Å². The number of carboxylic acid groups (broad SMARTS) is 1. The van der Waals surface area contributed by atoms with Crippen LogP contribution in [0.2, 0.25) is 0 Å². The van der Waals surface area contributed by atoms with Crippen molar-refractivity contribution >= 4 is 12.0 Å². The van der Waals surface area contributed by atoms with E-state index in [0.717, 1.165) is 6.42 Å². The fourth-order valence-corrected chi connectivity index (χ4v) is 2.04. The van der Waals surface area contributed by atoms with Gasteiger partial charge in [0.05, 0.1) is 0 Å². The van der Waals surface area contributed by atoms with Gasteiger partial charge in [-0.1, -0.05) is 27.7 Å². The SMILES string of the molecule is CC(C)C[C@H](NC(=O)NCC1CC1(C)C)C(=O)O. The van der Waals surface area contributed by atoms with Gasteiger partial charge in [-0.3, -0.25) is 0 Å². The smallest absolute Gasteiger partial charge is 0.326 e. The molecule has 0 saturated heterocycles. The van der Waals surface area contributed by atoms with Gasteiger partial charge in [0.25, 0.3) is 0 Å². The highest BCUT2D eigenvalue weighted by Gasteiger charge is 2.45. The van der Waals surface area contributed by atoms with E-state index < -0.39 is 12.0 Å². The molecule has 18 heavy (non-hydrogen) atoms. The largest absolute Gasteiger partial charge is 0.480 e. The molecule has 0 aromatic carbocycles. The summed E-state index contributed by atoms with van der Waals surface area (Å²) in [6.07, 6.45) is 1.55. The van der Waals surface area contributed by atoms with Crippen molar-refractivity contribution in [3.05, 3.63) is 0 Å². The van der Waals surface area contributed by atoms with Gasteiger partial charge in [0, 0.05) is 6.54 Å². The van der Waals surface area contributed by atoms with E-state index in [1.165, 1.54) is 0 Å². The molecule has 1 aliphatic rings. The Bertz CT molecular complexity index is 326. The molecule has 1 saturated carbocycles. The number of carbonyl (C=O) groups excluding carboxylic acids is 1. The van der Waals surface area contributed by atoms with Gasteiger partial charge in [-0.15, -0.1) is 0 Å². The Morgan fingerprint density at radius 3 is 2.33 bits per heavy atom. The van der Waals surface area contributed by atoms with Gasteiger partial charge in [-0.2, -0.15) is 0 Å². The maximum absolute atomic E-state index is 11.6. The topological polar surface area (TPSA) is 78.4 Å². The standard InChI is InChI=1S/C13H24N2O3/c1-8(2)5-10(11(16)17)15-12(18)14-7-9-6-13(9,3)4/h8-10H,5-7H2,1-4H3,(H,16,17)(H2,14,15,18)/t9?,10-/m0/s1. The van der Waals surface area contributed by atoms with Crippen LogP contribution in [0.15, 0.2) is 0 Å². The first-order valence-corrected chi connectivity index (χ1v) is 6.49. The molecule has 1 fully saturated rings. The van der Waals surface area contributed by atoms with E-state index in [1.807, 2.05) is 13.8 Å². The van der Waals surface area contributed by atoms with Crippen LogP contribution in [0.25, 0.3) is 0 Å². The molecule has 2 amide bonds. The minimum atomic E-state index is -0.981. The number of rotatable bonds is 6. The lowest BCUT2D eigenvalue weighted by atomic mass is 10.0. The van der Waals surface area contributed by atoms with Crippen LogP contribution >= 0.6 is 0 Å². The lowest BCUT2D eigenvalue weighted by Gasteiger charge is -2.17. The van der Waals surface area contributed by atoms with Crippen LogP contribution in [0.5, 0.6) is 0 Å². The summed E-state index contributed by atoms with van der Waals surface area (Å²) >= 11 is 0. The number of hydrogen-bond acceptors (Lipinski definition) is 2. The van der Waals surface area contributed by atoms with Crippen LogP contribution < -0.4 is 10.6 Å². The predicted molar refractivity (Wildman–Crippen MR) is 69.3 cm³/mol. The van der Waals surface area contributed by atoms with Crippen molar-refractivity contribution in [3.8, 4) is 0 Å². The average molecular weight is 256 g/mol. The zero-order chi connectivity index (χ0) is 13.9. The van der Waals surface area contributed by atoms with Gasteiger partial charge in [0.2, 0.25) is 0 Å². The Morgan fingerprint density at radius 1 is 1.39 bits per heavy atom. The minimum absolute atomic E-state index is 0.230. The molecule has 0 spiro atoms. The number of hydrogen-bond donors (Lipinski definition) is 3. The van der Waals surface area contributed by atoms with Crippen molar-refractivity contribution in [1.82, 2.24) is 10.6 Å². The second-order valence-electron chi connectivity index (χ2n) is 6.26. The third-order valence-electron chi connectivity index (χ3n) is 3.54. The molecule has 0 aromatic rings. The van der Waals surface area contributed by atoms with Gasteiger partial charge in [0.1, 0.15) is 6.04 Å². The van der Waals surface area contributed by atoms with Crippen LogP contribution in [0.4, 0.5) is 4.79 Å². The van der Waals surface area contributed by atoms with Crippen molar-refractivity contribution < 1.29 is 14.7 Å². The number of amides is 2. The zero-order valence-electron chi connectivity index (χ0n) is 11.6. The van der Waals surface area contributed by atoms with Crippen LogP contribution in [0.1, 0.15) is 40.5 Å². The number of nitrogens with one attached hydrogen (secondary N) is 2. The molecule has 1 aliphatic carbocycles. The van der Waals surface area contributed by atoms with E-state index in [-0.39, 0.29) is 11.9 Å². The summed E-state index contributed by atoms with van der Waals surface area (Å²) in [5.41, 5.74) is 0.317. The van der Waals surface area contributed by atoms with Crippen molar-refractivity contribution in [3.63, 3.8) is 0 Å². The molecule has 1 rings (SSSR count). The molecule has 0 aliphatic heterocycles. The summed E-state index contributed by atoms with van der Waals surface area (Å²) in [5, 5.41) is 14.3. The van der Waals surface area contributed by atoms with Crippen molar-refractivity contribution in [1.29, 1.82) is 0 Å². The van der Waals surface area contributed by atoms with Crippen LogP contribution in [-0.2, 0) is 4.79 Å². The van der Waals surface area contributed by atoms with Crippen molar-refractivity contribution in [2.24, 2.45) is 17.3 Å². The molecule has 0 heterocycles. The molecular formula is C13H24N2O3. The van der Waals surface area contributed by atoms with Gasteiger partial charge in [-0.05, 0) is 30.1 Å². The first kappa shape index (κ1) is 14.8. The summed E-state index contributed by atoms with van der Waals surface area (Å²) in [6, 6.07) is -1.19. The maximum Gasteiger partial charge on any atom is 0.326 e. The molecule has 0 aromatic heterocycles. The summed E-state index contributed by atoms with van der Waals surface area (Å²) in [4.78, 5) is 22.6. The molecular weight excluding hydrogens is 232 g/mol. The number of aliphatic carboxylic acids is 1. The Morgan fingerprint density at radius 2 is 1.94 bits per heavy atom. The zero-order valence-corrected chi connectivity index (χ0v) is 11.6. The van der Waals surface area contributed by atoms with E-state index in [9.17, 15) is 9.59 Å². The Balaban J connectivity index is 2.30. The predicted octanol–water partition coefficient (Wildman–Crippen LogP) is 1.83. The molecule has 0 radical (unpaired) electrons. The van der Waals surface area contributed by atoms with Crippen LogP contribution in [-0.4, -0.2) is 29.7 Å². The van der Waals surface area contributed by atoms with Gasteiger partial charge in [-0.25, -0.2) is 9.59 Å². The molecule has 5 heteroatoms. The normalized spacial score (nSPS) is 22.4. The fraction of sp³-hybridized carbons (Fsp3) is 0.846. The monoisotopic (exact) mass is 256 g/mol. The van der Waals surface area contributed by atoms with Gasteiger partial charge < -0.3 is 15.7 Å². The number of carboxylic acids is 1. The first-order valence-electron chi connectivity index (χ1n) is 6.49. The summed E-state index contributed by atoms with van der Waals surface area (Å²) in [7, 11) is 0. The third kappa shape index (κ3) is 4.55. The first-order chi connectivity index (χ1) is 8.22. The molecule has 2 atom stereocenters. The number of carbonyl (C=O) groups is 2. The maximum atomic E-state index is 11.6. The second kappa shape index (κ2) is 5.59. The van der Waals surface area contributed by atoms with Crippen LogP contribution in [0, 0.1) is 17.3 Å². The lowest BCUT2D eigenvalue weighted by Crippen LogP contribution is -2.47. The number of urea groups is 1. The average Bonchev–Trinajstić information content (AvgIpc) is 2.82. The Labute approximate surface area is 108 Å². The highest BCUT2D eigenvalue weighted by molar-refractivity contribution is 5.82. The Hall–Kier alpha value is -1.26. The van der Waals surface area contributed by atoms with E-state index in [4.69, 9.17) is 5.11 Å². The lowest BCUT2D eigenvalue weighted by molar-refractivity contribution is -0.139. The molecule has 104 valence electrons. The highest BCUT2D eigenvalue weighted by atomic mass is 16.4. The highest BCUT2D eigenvalue weighted by Crippen LogP contribution is 2.50. The summed E-state index contributed by atoms with van der Waals surface area (Å²) in [6.45, 7) is 8.81. The van der Waals surface area contributed by atoms with Crippen molar-refractivity contribution in [2.45, 2.75) is 46.6 Å². The van der Waals surface area contributed by atoms with E-state index in [0.29, 0.717) is 24.3 Å². The van der Waals surface area contributed by atoms with E-state index >= 15 is 0 Å². The van der Waals surface area contributed by atoms with E-state index in [2.05, 4.69) is 24.5 Å². The fourth-order valence-electron chi connectivity index (χ4n) is 2.04. The summed E-state index contributed by atoms with van der Waals surface area (Å²) < 4.78 is 0. The Kier molecular flexibility index (Phi) is 4.59. The van der Waals surface area contributed by atoms with Crippen molar-refractivity contribution in [2.75, 3.05) is 6.54 Å². The van der Waals surface area contributed by atoms with E-state index in [1.54, 1.807) is 0 Å². The second-order valence-corrected chi connectivity index (χ2v) is 6.26. The molecule has 3 N–H and O–H groups in total.